The van der Waals surface area contributed by atoms with Crippen LogP contribution in [0.15, 0.2) is 53.7 Å². The Bertz CT molecular complexity index is 817. The minimum atomic E-state index is -3.61. The summed E-state index contributed by atoms with van der Waals surface area (Å²) in [6, 6.07) is 9.31. The second kappa shape index (κ2) is 7.73. The lowest BCUT2D eigenvalue weighted by molar-refractivity contribution is 0.0951. The fraction of sp³-hybridized carbons (Fsp3) is 0.294. The Labute approximate surface area is 146 Å². The molecule has 8 heteroatoms. The summed E-state index contributed by atoms with van der Waals surface area (Å²) >= 11 is 0. The van der Waals surface area contributed by atoms with Gasteiger partial charge in [0.2, 0.25) is 10.0 Å². The molecule has 1 aromatic heterocycles. The molecule has 0 radical (unpaired) electrons. The summed E-state index contributed by atoms with van der Waals surface area (Å²) in [5.74, 6) is -0.273. The number of benzene rings is 1. The fourth-order valence-electron chi connectivity index (χ4n) is 2.49. The SMILES string of the molecule is O=C(NCc1cccnc1)c1ccc(S(=O)(=O)N[C@@H]2CCOC2)cc1. The van der Waals surface area contributed by atoms with Crippen molar-refractivity contribution in [1.29, 1.82) is 0 Å². The number of hydrogen-bond donors (Lipinski definition) is 2. The van der Waals surface area contributed by atoms with E-state index in [1.54, 1.807) is 18.5 Å². The van der Waals surface area contributed by atoms with Crippen molar-refractivity contribution in [2.45, 2.75) is 23.9 Å². The number of aromatic nitrogens is 1. The Morgan fingerprint density at radius 2 is 2.04 bits per heavy atom. The van der Waals surface area contributed by atoms with E-state index in [1.165, 1.54) is 24.3 Å². The summed E-state index contributed by atoms with van der Waals surface area (Å²) in [4.78, 5) is 16.3. The van der Waals surface area contributed by atoms with Gasteiger partial charge in [-0.15, -0.1) is 0 Å². The summed E-state index contributed by atoms with van der Waals surface area (Å²) in [5.41, 5.74) is 1.28. The van der Waals surface area contributed by atoms with Crippen LogP contribution in [-0.4, -0.2) is 38.6 Å². The van der Waals surface area contributed by atoms with Crippen LogP contribution in [0.3, 0.4) is 0 Å². The van der Waals surface area contributed by atoms with Crippen LogP contribution >= 0.6 is 0 Å². The van der Waals surface area contributed by atoms with Crippen LogP contribution in [0.1, 0.15) is 22.3 Å². The van der Waals surface area contributed by atoms with Gasteiger partial charge in [-0.05, 0) is 42.3 Å². The minimum absolute atomic E-state index is 0.128. The van der Waals surface area contributed by atoms with Crippen LogP contribution in [0.25, 0.3) is 0 Å². The van der Waals surface area contributed by atoms with Gasteiger partial charge >= 0.3 is 0 Å². The maximum absolute atomic E-state index is 12.3. The molecule has 1 atom stereocenters. The second-order valence-corrected chi connectivity index (χ2v) is 7.46. The Hall–Kier alpha value is -2.29. The van der Waals surface area contributed by atoms with E-state index in [4.69, 9.17) is 4.74 Å². The molecule has 1 fully saturated rings. The summed E-state index contributed by atoms with van der Waals surface area (Å²) in [6.07, 6.45) is 4.00. The van der Waals surface area contributed by atoms with Gasteiger partial charge in [-0.2, -0.15) is 0 Å². The molecule has 0 spiro atoms. The number of nitrogens with one attached hydrogen (secondary N) is 2. The van der Waals surface area contributed by atoms with Crippen molar-refractivity contribution in [3.63, 3.8) is 0 Å². The molecule has 2 aromatic rings. The zero-order valence-electron chi connectivity index (χ0n) is 13.5. The maximum atomic E-state index is 12.3. The summed E-state index contributed by atoms with van der Waals surface area (Å²) < 4.78 is 32.4. The zero-order valence-corrected chi connectivity index (χ0v) is 14.3. The summed E-state index contributed by atoms with van der Waals surface area (Å²) in [6.45, 7) is 1.30. The van der Waals surface area contributed by atoms with Crippen LogP contribution in [0.2, 0.25) is 0 Å². The molecule has 0 unspecified atom stereocenters. The van der Waals surface area contributed by atoms with Gasteiger partial charge in [-0.1, -0.05) is 6.07 Å². The first kappa shape index (κ1) is 17.5. The molecule has 1 saturated heterocycles. The Morgan fingerprint density at radius 3 is 2.68 bits per heavy atom. The number of pyridine rings is 1. The molecule has 25 heavy (non-hydrogen) atoms. The first-order valence-electron chi connectivity index (χ1n) is 7.92. The Morgan fingerprint density at radius 1 is 1.24 bits per heavy atom. The zero-order chi connectivity index (χ0) is 17.7. The van der Waals surface area contributed by atoms with Crippen LogP contribution in [-0.2, 0) is 21.3 Å². The van der Waals surface area contributed by atoms with E-state index >= 15 is 0 Å². The van der Waals surface area contributed by atoms with Crippen LogP contribution < -0.4 is 10.0 Å². The number of rotatable bonds is 6. The number of hydrogen-bond acceptors (Lipinski definition) is 5. The highest BCUT2D eigenvalue weighted by Gasteiger charge is 2.23. The average Bonchev–Trinajstić information content (AvgIpc) is 3.13. The molecular formula is C17H19N3O4S. The average molecular weight is 361 g/mol. The Kier molecular flexibility index (Phi) is 5.42. The molecule has 0 aliphatic carbocycles. The fourth-order valence-corrected chi connectivity index (χ4v) is 3.74. The molecule has 1 aliphatic heterocycles. The van der Waals surface area contributed by atoms with Crippen LogP contribution in [0.5, 0.6) is 0 Å². The number of amides is 1. The van der Waals surface area contributed by atoms with Crippen molar-refractivity contribution in [3.8, 4) is 0 Å². The maximum Gasteiger partial charge on any atom is 0.251 e. The van der Waals surface area contributed by atoms with Gasteiger partial charge in [0.05, 0.1) is 11.5 Å². The van der Waals surface area contributed by atoms with Crippen LogP contribution in [0.4, 0.5) is 0 Å². The third kappa shape index (κ3) is 4.62. The Balaban J connectivity index is 1.62. The van der Waals surface area contributed by atoms with Crippen molar-refractivity contribution in [2.24, 2.45) is 0 Å². The van der Waals surface area contributed by atoms with Crippen molar-refractivity contribution in [2.75, 3.05) is 13.2 Å². The number of sulfonamides is 1. The number of nitrogens with zero attached hydrogens (tertiary/aromatic N) is 1. The molecule has 0 bridgehead atoms. The van der Waals surface area contributed by atoms with Crippen molar-refractivity contribution >= 4 is 15.9 Å². The van der Waals surface area contributed by atoms with Crippen molar-refractivity contribution in [1.82, 2.24) is 15.0 Å². The third-order valence-electron chi connectivity index (χ3n) is 3.85. The molecule has 7 nitrogen and oxygen atoms in total. The lowest BCUT2D eigenvalue weighted by Crippen LogP contribution is -2.35. The van der Waals surface area contributed by atoms with Gasteiger partial charge in [0.25, 0.3) is 5.91 Å². The van der Waals surface area contributed by atoms with Gasteiger partial charge < -0.3 is 10.1 Å². The lowest BCUT2D eigenvalue weighted by atomic mass is 10.2. The second-order valence-electron chi connectivity index (χ2n) is 5.75. The van der Waals surface area contributed by atoms with Gasteiger partial charge in [-0.3, -0.25) is 9.78 Å². The highest BCUT2D eigenvalue weighted by atomic mass is 32.2. The number of carbonyl (C=O) groups excluding carboxylic acids is 1. The molecular weight excluding hydrogens is 342 g/mol. The van der Waals surface area contributed by atoms with E-state index in [-0.39, 0.29) is 16.8 Å². The minimum Gasteiger partial charge on any atom is -0.380 e. The standard InChI is InChI=1S/C17H19N3O4S/c21-17(19-11-13-2-1-8-18-10-13)14-3-5-16(6-4-14)25(22,23)20-15-7-9-24-12-15/h1-6,8,10,15,20H,7,9,11-12H2,(H,19,21)/t15-/m1/s1. The molecule has 2 N–H and O–H groups in total. The third-order valence-corrected chi connectivity index (χ3v) is 5.39. The highest BCUT2D eigenvalue weighted by Crippen LogP contribution is 2.14. The molecule has 1 amide bonds. The molecule has 2 heterocycles. The molecule has 1 aromatic carbocycles. The van der Waals surface area contributed by atoms with E-state index in [0.717, 1.165) is 5.56 Å². The van der Waals surface area contributed by atoms with E-state index < -0.39 is 10.0 Å². The van der Waals surface area contributed by atoms with Crippen molar-refractivity contribution < 1.29 is 17.9 Å². The number of carbonyl (C=O) groups is 1. The van der Waals surface area contributed by atoms with E-state index in [2.05, 4.69) is 15.0 Å². The predicted molar refractivity (Wildman–Crippen MR) is 91.4 cm³/mol. The normalized spacial score (nSPS) is 17.4. The monoisotopic (exact) mass is 361 g/mol. The first-order valence-corrected chi connectivity index (χ1v) is 9.40. The molecule has 3 rings (SSSR count). The largest absolute Gasteiger partial charge is 0.380 e. The summed E-state index contributed by atoms with van der Waals surface area (Å²) in [7, 11) is -3.61. The molecule has 1 aliphatic rings. The highest BCUT2D eigenvalue weighted by molar-refractivity contribution is 7.89. The topological polar surface area (TPSA) is 97.4 Å². The van der Waals surface area contributed by atoms with E-state index in [0.29, 0.717) is 31.7 Å². The quantitative estimate of drug-likeness (QED) is 0.802. The van der Waals surface area contributed by atoms with Gasteiger partial charge in [0.15, 0.2) is 0 Å². The van der Waals surface area contributed by atoms with E-state index in [1.807, 2.05) is 6.07 Å². The van der Waals surface area contributed by atoms with Crippen LogP contribution in [0, 0.1) is 0 Å². The van der Waals surface area contributed by atoms with E-state index in [9.17, 15) is 13.2 Å². The number of ether oxygens (including phenoxy) is 1. The predicted octanol–water partition coefficient (Wildman–Crippen LogP) is 1.08. The van der Waals surface area contributed by atoms with Gasteiger partial charge in [0, 0.05) is 37.2 Å². The van der Waals surface area contributed by atoms with Crippen molar-refractivity contribution in [3.05, 3.63) is 59.9 Å². The van der Waals surface area contributed by atoms with Gasteiger partial charge in [-0.25, -0.2) is 13.1 Å². The van der Waals surface area contributed by atoms with Gasteiger partial charge in [0.1, 0.15) is 0 Å². The molecule has 132 valence electrons. The first-order chi connectivity index (χ1) is 12.0. The smallest absolute Gasteiger partial charge is 0.251 e. The lowest BCUT2D eigenvalue weighted by Gasteiger charge is -2.12. The summed E-state index contributed by atoms with van der Waals surface area (Å²) in [5, 5.41) is 2.77. The molecule has 0 saturated carbocycles.